The first kappa shape index (κ1) is 23.9. The summed E-state index contributed by atoms with van der Waals surface area (Å²) < 4.78 is 4.89. The molecule has 0 radical (unpaired) electrons. The Morgan fingerprint density at radius 3 is 2.11 bits per heavy atom. The van der Waals surface area contributed by atoms with E-state index in [0.29, 0.717) is 10.7 Å². The van der Waals surface area contributed by atoms with E-state index in [1.54, 1.807) is 0 Å². The van der Waals surface area contributed by atoms with Crippen LogP contribution in [0.5, 0.6) is 0 Å². The van der Waals surface area contributed by atoms with Crippen LogP contribution >= 0.6 is 23.6 Å². The van der Waals surface area contributed by atoms with Gasteiger partial charge in [0.2, 0.25) is 0 Å². The standard InChI is InChI=1S/C21H36N2O2S2/c1-5-6-7-8-9-10-11-12-13-14-15-22-21(26)23-19-18(20(24)25-4)16(2)17(3)27-19/h5-15H2,1-4H3,(H2,22,23,26). The fourth-order valence-electron chi connectivity index (χ4n) is 3.02. The summed E-state index contributed by atoms with van der Waals surface area (Å²) in [7, 11) is 1.40. The number of anilines is 1. The first-order valence-corrected chi connectivity index (χ1v) is 11.5. The van der Waals surface area contributed by atoms with Crippen molar-refractivity contribution in [3.63, 3.8) is 0 Å². The summed E-state index contributed by atoms with van der Waals surface area (Å²) >= 11 is 6.91. The number of esters is 1. The number of carbonyl (C=O) groups excluding carboxylic acids is 1. The van der Waals surface area contributed by atoms with Crippen LogP contribution in [0, 0.1) is 13.8 Å². The van der Waals surface area contributed by atoms with E-state index < -0.39 is 0 Å². The Balaban J connectivity index is 2.18. The molecule has 0 saturated heterocycles. The molecule has 0 amide bonds. The minimum atomic E-state index is -0.322. The molecular formula is C21H36N2O2S2. The summed E-state index contributed by atoms with van der Waals surface area (Å²) in [5.41, 5.74) is 1.54. The molecule has 1 aromatic rings. The second-order valence-electron chi connectivity index (χ2n) is 7.04. The van der Waals surface area contributed by atoms with Gasteiger partial charge < -0.3 is 15.4 Å². The highest BCUT2D eigenvalue weighted by atomic mass is 32.1. The maximum atomic E-state index is 12.0. The number of rotatable bonds is 13. The Labute approximate surface area is 174 Å². The molecule has 6 heteroatoms. The molecule has 2 N–H and O–H groups in total. The molecule has 0 aliphatic heterocycles. The van der Waals surface area contributed by atoms with Crippen molar-refractivity contribution in [3.8, 4) is 0 Å². The van der Waals surface area contributed by atoms with Gasteiger partial charge in [-0.15, -0.1) is 11.3 Å². The van der Waals surface area contributed by atoms with E-state index in [0.717, 1.165) is 28.4 Å². The molecule has 1 rings (SSSR count). The van der Waals surface area contributed by atoms with Gasteiger partial charge in [0, 0.05) is 11.4 Å². The number of hydrogen-bond acceptors (Lipinski definition) is 4. The van der Waals surface area contributed by atoms with Gasteiger partial charge in [-0.2, -0.15) is 0 Å². The van der Waals surface area contributed by atoms with E-state index in [-0.39, 0.29) is 5.97 Å². The number of unbranched alkanes of at least 4 members (excludes halogenated alkanes) is 9. The van der Waals surface area contributed by atoms with Crippen molar-refractivity contribution in [2.24, 2.45) is 0 Å². The summed E-state index contributed by atoms with van der Waals surface area (Å²) in [6, 6.07) is 0. The molecule has 1 heterocycles. The first-order chi connectivity index (χ1) is 13.0. The van der Waals surface area contributed by atoms with E-state index >= 15 is 0 Å². The SMILES string of the molecule is CCCCCCCCCCCCNC(=S)Nc1sc(C)c(C)c1C(=O)OC. The van der Waals surface area contributed by atoms with E-state index in [1.165, 1.54) is 76.2 Å². The summed E-state index contributed by atoms with van der Waals surface area (Å²) in [4.78, 5) is 13.1. The van der Waals surface area contributed by atoms with Crippen LogP contribution < -0.4 is 10.6 Å². The Morgan fingerprint density at radius 1 is 1.00 bits per heavy atom. The van der Waals surface area contributed by atoms with Gasteiger partial charge in [-0.25, -0.2) is 4.79 Å². The van der Waals surface area contributed by atoms with Crippen LogP contribution in [0.25, 0.3) is 0 Å². The van der Waals surface area contributed by atoms with E-state index in [9.17, 15) is 4.79 Å². The third-order valence-corrected chi connectivity index (χ3v) is 6.19. The largest absolute Gasteiger partial charge is 0.465 e. The van der Waals surface area contributed by atoms with Gasteiger partial charge in [0.1, 0.15) is 5.00 Å². The van der Waals surface area contributed by atoms with Gasteiger partial charge in [0.25, 0.3) is 0 Å². The van der Waals surface area contributed by atoms with Crippen LogP contribution in [-0.2, 0) is 4.74 Å². The van der Waals surface area contributed by atoms with Gasteiger partial charge in [0.05, 0.1) is 12.7 Å². The molecule has 27 heavy (non-hydrogen) atoms. The van der Waals surface area contributed by atoms with Crippen molar-refractivity contribution in [1.82, 2.24) is 5.32 Å². The lowest BCUT2D eigenvalue weighted by molar-refractivity contribution is 0.0601. The highest BCUT2D eigenvalue weighted by Crippen LogP contribution is 2.32. The second kappa shape index (κ2) is 13.9. The minimum absolute atomic E-state index is 0.322. The van der Waals surface area contributed by atoms with Gasteiger partial charge in [0.15, 0.2) is 5.11 Å². The van der Waals surface area contributed by atoms with Crippen molar-refractivity contribution in [2.75, 3.05) is 19.0 Å². The molecule has 0 atom stereocenters. The Kier molecular flexibility index (Phi) is 12.3. The molecule has 154 valence electrons. The summed E-state index contributed by atoms with van der Waals surface area (Å²) in [6.45, 7) is 7.05. The number of methoxy groups -OCH3 is 1. The molecular weight excluding hydrogens is 376 g/mol. The molecule has 1 aromatic heterocycles. The lowest BCUT2D eigenvalue weighted by Crippen LogP contribution is -2.29. The monoisotopic (exact) mass is 412 g/mol. The Bertz CT molecular complexity index is 585. The first-order valence-electron chi connectivity index (χ1n) is 10.2. The molecule has 0 aromatic carbocycles. The fraction of sp³-hybridized carbons (Fsp3) is 0.714. The van der Waals surface area contributed by atoms with Crippen molar-refractivity contribution in [2.45, 2.75) is 85.0 Å². The summed E-state index contributed by atoms with van der Waals surface area (Å²) in [5.74, 6) is -0.322. The molecule has 0 saturated carbocycles. The van der Waals surface area contributed by atoms with Crippen LogP contribution in [0.15, 0.2) is 0 Å². The molecule has 0 spiro atoms. The number of thiophene rings is 1. The second-order valence-corrected chi connectivity index (χ2v) is 8.67. The fourth-order valence-corrected chi connectivity index (χ4v) is 4.35. The summed E-state index contributed by atoms with van der Waals surface area (Å²) in [6.07, 6.45) is 13.2. The number of aryl methyl sites for hydroxylation is 1. The topological polar surface area (TPSA) is 50.4 Å². The van der Waals surface area contributed by atoms with Crippen LogP contribution in [0.3, 0.4) is 0 Å². The number of nitrogens with one attached hydrogen (secondary N) is 2. The quantitative estimate of drug-likeness (QED) is 0.224. The zero-order chi connectivity index (χ0) is 20.1. The molecule has 0 fully saturated rings. The van der Waals surface area contributed by atoms with E-state index in [1.807, 2.05) is 13.8 Å². The third-order valence-electron chi connectivity index (χ3n) is 4.82. The summed E-state index contributed by atoms with van der Waals surface area (Å²) in [5, 5.41) is 7.73. The maximum Gasteiger partial charge on any atom is 0.341 e. The van der Waals surface area contributed by atoms with Gasteiger partial charge in [-0.1, -0.05) is 64.7 Å². The third kappa shape index (κ3) is 9.06. The van der Waals surface area contributed by atoms with Gasteiger partial charge >= 0.3 is 5.97 Å². The Hall–Kier alpha value is -1.14. The highest BCUT2D eigenvalue weighted by molar-refractivity contribution is 7.80. The molecule has 0 unspecified atom stereocenters. The van der Waals surface area contributed by atoms with Crippen molar-refractivity contribution < 1.29 is 9.53 Å². The number of ether oxygens (including phenoxy) is 1. The van der Waals surface area contributed by atoms with Crippen LogP contribution in [0.4, 0.5) is 5.00 Å². The van der Waals surface area contributed by atoms with E-state index in [4.69, 9.17) is 17.0 Å². The molecule has 0 aliphatic rings. The maximum absolute atomic E-state index is 12.0. The van der Waals surface area contributed by atoms with E-state index in [2.05, 4.69) is 17.6 Å². The van der Waals surface area contributed by atoms with Crippen LogP contribution in [0.1, 0.15) is 91.9 Å². The highest BCUT2D eigenvalue weighted by Gasteiger charge is 2.20. The van der Waals surface area contributed by atoms with Gasteiger partial charge in [-0.05, 0) is 38.0 Å². The lowest BCUT2D eigenvalue weighted by atomic mass is 10.1. The molecule has 0 bridgehead atoms. The van der Waals surface area contributed by atoms with Crippen molar-refractivity contribution >= 4 is 39.6 Å². The number of hydrogen-bond donors (Lipinski definition) is 2. The van der Waals surface area contributed by atoms with Crippen LogP contribution in [0.2, 0.25) is 0 Å². The zero-order valence-electron chi connectivity index (χ0n) is 17.4. The smallest absolute Gasteiger partial charge is 0.341 e. The normalized spacial score (nSPS) is 10.7. The average molecular weight is 413 g/mol. The predicted molar refractivity (Wildman–Crippen MR) is 121 cm³/mol. The number of thiocarbonyl (C=S) groups is 1. The molecule has 0 aliphatic carbocycles. The predicted octanol–water partition coefficient (Wildman–Crippen LogP) is 6.36. The van der Waals surface area contributed by atoms with Crippen LogP contribution in [-0.4, -0.2) is 24.7 Å². The average Bonchev–Trinajstić information content (AvgIpc) is 2.92. The lowest BCUT2D eigenvalue weighted by Gasteiger charge is -2.10. The van der Waals surface area contributed by atoms with Crippen molar-refractivity contribution in [3.05, 3.63) is 16.0 Å². The zero-order valence-corrected chi connectivity index (χ0v) is 19.0. The van der Waals surface area contributed by atoms with Gasteiger partial charge in [-0.3, -0.25) is 0 Å². The number of carbonyl (C=O) groups is 1. The van der Waals surface area contributed by atoms with Crippen molar-refractivity contribution in [1.29, 1.82) is 0 Å². The minimum Gasteiger partial charge on any atom is -0.465 e. The Morgan fingerprint density at radius 2 is 1.56 bits per heavy atom. The molecule has 4 nitrogen and oxygen atoms in total.